The number of aromatic hydroxyl groups is 1. The van der Waals surface area contributed by atoms with Crippen LogP contribution in [0.25, 0.3) is 22.6 Å². The Morgan fingerprint density at radius 2 is 2.07 bits per heavy atom. The number of carbonyl (C=O) groups excluding carboxylic acids is 1. The molecule has 138 valence electrons. The van der Waals surface area contributed by atoms with Crippen LogP contribution in [0.5, 0.6) is 11.5 Å². The number of nitrogens with zero attached hydrogens (tertiary/aromatic N) is 3. The van der Waals surface area contributed by atoms with Crippen molar-refractivity contribution in [2.24, 2.45) is 0 Å². The van der Waals surface area contributed by atoms with Gasteiger partial charge in [-0.05, 0) is 18.6 Å². The number of hydrogen-bond donors (Lipinski definition) is 3. The predicted molar refractivity (Wildman–Crippen MR) is 94.8 cm³/mol. The number of aromatic nitrogens is 3. The van der Waals surface area contributed by atoms with E-state index in [0.717, 1.165) is 16.9 Å². The Morgan fingerprint density at radius 3 is 2.89 bits per heavy atom. The van der Waals surface area contributed by atoms with Gasteiger partial charge in [-0.15, -0.1) is 0 Å². The van der Waals surface area contributed by atoms with E-state index in [2.05, 4.69) is 25.6 Å². The number of benzene rings is 1. The van der Waals surface area contributed by atoms with Crippen LogP contribution in [0.4, 0.5) is 4.79 Å². The average molecular weight is 367 g/mol. The first-order valence-electron chi connectivity index (χ1n) is 8.74. The largest absolute Gasteiger partial charge is 0.507 e. The Bertz CT molecular complexity index is 1070. The van der Waals surface area contributed by atoms with Crippen LogP contribution in [0.3, 0.4) is 0 Å². The maximum atomic E-state index is 11.2. The van der Waals surface area contributed by atoms with Crippen molar-refractivity contribution in [2.75, 3.05) is 19.7 Å². The summed E-state index contributed by atoms with van der Waals surface area (Å²) in [5, 5.41) is 16.1. The Labute approximate surface area is 153 Å². The summed E-state index contributed by atoms with van der Waals surface area (Å²) in [7, 11) is 0. The maximum Gasteiger partial charge on any atom is 0.314 e. The molecule has 1 fully saturated rings. The zero-order valence-corrected chi connectivity index (χ0v) is 14.6. The first kappa shape index (κ1) is 15.9. The van der Waals surface area contributed by atoms with E-state index in [9.17, 15) is 9.90 Å². The Morgan fingerprint density at radius 1 is 1.26 bits per heavy atom. The minimum absolute atomic E-state index is 0.0885. The second kappa shape index (κ2) is 5.83. The van der Waals surface area contributed by atoms with Crippen molar-refractivity contribution in [2.45, 2.75) is 19.3 Å². The first-order valence-corrected chi connectivity index (χ1v) is 8.74. The summed E-state index contributed by atoms with van der Waals surface area (Å²) < 4.78 is 11.2. The zero-order chi connectivity index (χ0) is 18.5. The molecule has 2 aliphatic heterocycles. The van der Waals surface area contributed by atoms with Gasteiger partial charge >= 0.3 is 6.03 Å². The van der Waals surface area contributed by atoms with E-state index >= 15 is 0 Å². The number of fused-ring (bicyclic) bond motifs is 2. The molecule has 0 unspecified atom stereocenters. The van der Waals surface area contributed by atoms with Gasteiger partial charge in [0.05, 0.1) is 24.4 Å². The van der Waals surface area contributed by atoms with E-state index in [1.807, 2.05) is 13.0 Å². The number of hydrogen-bond acceptors (Lipinski definition) is 7. The number of carbonyl (C=O) groups is 1. The van der Waals surface area contributed by atoms with Crippen LogP contribution >= 0.6 is 0 Å². The summed E-state index contributed by atoms with van der Waals surface area (Å²) in [4.78, 5) is 24.5. The van der Waals surface area contributed by atoms with Gasteiger partial charge in [0.2, 0.25) is 11.5 Å². The van der Waals surface area contributed by atoms with Gasteiger partial charge in [0.15, 0.2) is 0 Å². The lowest BCUT2D eigenvalue weighted by Crippen LogP contribution is -2.47. The van der Waals surface area contributed by atoms with Gasteiger partial charge in [-0.3, -0.25) is 0 Å². The molecule has 5 rings (SSSR count). The summed E-state index contributed by atoms with van der Waals surface area (Å²) in [6, 6.07) is 1.71. The fourth-order valence-corrected chi connectivity index (χ4v) is 3.54. The smallest absolute Gasteiger partial charge is 0.314 e. The van der Waals surface area contributed by atoms with Crippen LogP contribution in [0.15, 0.2) is 16.7 Å². The first-order chi connectivity index (χ1) is 13.1. The maximum absolute atomic E-state index is 11.2. The third-order valence-electron chi connectivity index (χ3n) is 4.93. The predicted octanol–water partition coefficient (Wildman–Crippen LogP) is 1.63. The molecule has 2 amide bonds. The lowest BCUT2D eigenvalue weighted by molar-refractivity contribution is 0.232. The number of oxazole rings is 1. The Balaban J connectivity index is 1.55. The highest BCUT2D eigenvalue weighted by atomic mass is 16.5. The number of phenolic OH excluding ortho intramolecular Hbond substituents is 1. The highest BCUT2D eigenvalue weighted by molar-refractivity contribution is 5.78. The Hall–Kier alpha value is -3.36. The van der Waals surface area contributed by atoms with Crippen molar-refractivity contribution in [3.05, 3.63) is 29.3 Å². The number of nitrogens with one attached hydrogen (secondary N) is 2. The highest BCUT2D eigenvalue weighted by Crippen LogP contribution is 2.42. The molecule has 9 nitrogen and oxygen atoms in total. The van der Waals surface area contributed by atoms with Gasteiger partial charge in [0.25, 0.3) is 5.71 Å². The lowest BCUT2D eigenvalue weighted by Gasteiger charge is -2.20. The van der Waals surface area contributed by atoms with E-state index in [1.165, 1.54) is 0 Å². The van der Waals surface area contributed by atoms with E-state index in [0.29, 0.717) is 54.6 Å². The quantitative estimate of drug-likeness (QED) is 0.629. The molecule has 27 heavy (non-hydrogen) atoms. The van der Waals surface area contributed by atoms with Gasteiger partial charge in [-0.1, -0.05) is 0 Å². The molecule has 0 aliphatic carbocycles. The second-order valence-corrected chi connectivity index (χ2v) is 6.72. The normalized spacial score (nSPS) is 16.7. The van der Waals surface area contributed by atoms with Crippen LogP contribution in [-0.4, -0.2) is 45.8 Å². The molecule has 1 saturated heterocycles. The summed E-state index contributed by atoms with van der Waals surface area (Å²) in [6.45, 7) is 3.34. The minimum Gasteiger partial charge on any atom is -0.507 e. The van der Waals surface area contributed by atoms with E-state index in [4.69, 9.17) is 9.15 Å². The van der Waals surface area contributed by atoms with E-state index < -0.39 is 0 Å². The van der Waals surface area contributed by atoms with Gasteiger partial charge in [0.1, 0.15) is 11.5 Å². The summed E-state index contributed by atoms with van der Waals surface area (Å²) in [5.41, 5.74) is 3.50. The van der Waals surface area contributed by atoms with Crippen LogP contribution in [0.1, 0.15) is 22.9 Å². The number of phenols is 1. The SMILES string of the molecule is Cc1cc2c(c(O)c1-c1cnc3oc(C4CNC(=O)NC4)nc3n1)CCO2. The topological polar surface area (TPSA) is 122 Å². The Kier molecular flexibility index (Phi) is 3.43. The number of amides is 2. The molecule has 3 N–H and O–H groups in total. The highest BCUT2D eigenvalue weighted by Gasteiger charge is 2.26. The molecule has 4 heterocycles. The molecule has 0 spiro atoms. The van der Waals surface area contributed by atoms with E-state index in [1.54, 1.807) is 6.20 Å². The molecule has 1 aromatic carbocycles. The second-order valence-electron chi connectivity index (χ2n) is 6.72. The van der Waals surface area contributed by atoms with Crippen molar-refractivity contribution < 1.29 is 19.1 Å². The standard InChI is InChI=1S/C18H17N5O4/c1-8-4-12-10(2-3-26-12)14(24)13(8)11-7-19-17-15(22-11)23-16(27-17)9-5-20-18(25)21-6-9/h4,7,9,24H,2-3,5-6H2,1H3,(H2,20,21,25). The van der Waals surface area contributed by atoms with Gasteiger partial charge in [0, 0.05) is 30.6 Å². The molecule has 0 atom stereocenters. The third-order valence-corrected chi connectivity index (χ3v) is 4.93. The number of urea groups is 1. The fourth-order valence-electron chi connectivity index (χ4n) is 3.54. The van der Waals surface area contributed by atoms with E-state index in [-0.39, 0.29) is 17.7 Å². The van der Waals surface area contributed by atoms with Crippen LogP contribution in [-0.2, 0) is 6.42 Å². The number of aryl methyl sites for hydroxylation is 1. The fraction of sp³-hybridized carbons (Fsp3) is 0.333. The van der Waals surface area contributed by atoms with Gasteiger partial charge in [-0.25, -0.2) is 14.8 Å². The van der Waals surface area contributed by atoms with Crippen LogP contribution < -0.4 is 15.4 Å². The molecule has 3 aromatic rings. The summed E-state index contributed by atoms with van der Waals surface area (Å²) in [5.74, 6) is 1.28. The minimum atomic E-state index is -0.201. The molecule has 9 heteroatoms. The molecule has 0 radical (unpaired) electrons. The summed E-state index contributed by atoms with van der Waals surface area (Å²) >= 11 is 0. The average Bonchev–Trinajstić information content (AvgIpc) is 3.28. The van der Waals surface area contributed by atoms with Crippen LogP contribution in [0.2, 0.25) is 0 Å². The number of ether oxygens (including phenoxy) is 1. The van der Waals surface area contributed by atoms with Crippen molar-refractivity contribution in [1.82, 2.24) is 25.6 Å². The van der Waals surface area contributed by atoms with Crippen molar-refractivity contribution in [3.8, 4) is 22.8 Å². The van der Waals surface area contributed by atoms with Crippen LogP contribution in [0, 0.1) is 6.92 Å². The molecule has 0 saturated carbocycles. The van der Waals surface area contributed by atoms with Gasteiger partial charge in [-0.2, -0.15) is 4.98 Å². The van der Waals surface area contributed by atoms with Crippen molar-refractivity contribution >= 4 is 17.4 Å². The van der Waals surface area contributed by atoms with Crippen molar-refractivity contribution in [1.29, 1.82) is 0 Å². The molecular weight excluding hydrogens is 350 g/mol. The number of rotatable bonds is 2. The molecule has 2 aliphatic rings. The lowest BCUT2D eigenvalue weighted by atomic mass is 9.99. The third kappa shape index (κ3) is 2.54. The molecular formula is C18H17N5O4. The van der Waals surface area contributed by atoms with Crippen molar-refractivity contribution in [3.63, 3.8) is 0 Å². The summed E-state index contributed by atoms with van der Waals surface area (Å²) in [6.07, 6.45) is 2.24. The molecule has 2 aromatic heterocycles. The molecule has 0 bridgehead atoms. The van der Waals surface area contributed by atoms with Gasteiger partial charge < -0.3 is 24.9 Å². The monoisotopic (exact) mass is 367 g/mol. The zero-order valence-electron chi connectivity index (χ0n) is 14.6.